The highest BCUT2D eigenvalue weighted by Crippen LogP contribution is 2.25. The van der Waals surface area contributed by atoms with E-state index in [1.54, 1.807) is 6.92 Å². The molecule has 6 heteroatoms. The fourth-order valence-electron chi connectivity index (χ4n) is 2.75. The lowest BCUT2D eigenvalue weighted by atomic mass is 10.1. The third kappa shape index (κ3) is 3.88. The number of amides is 1. The van der Waals surface area contributed by atoms with Gasteiger partial charge in [-0.1, -0.05) is 17.3 Å². The number of carbonyl (C=O) groups excluding carboxylic acids is 1. The van der Waals surface area contributed by atoms with E-state index in [2.05, 4.69) is 10.1 Å². The first kappa shape index (κ1) is 15.5. The van der Waals surface area contributed by atoms with E-state index in [1.165, 1.54) is 5.56 Å². The molecule has 0 radical (unpaired) electrons. The van der Waals surface area contributed by atoms with Gasteiger partial charge in [0.05, 0.1) is 12.5 Å². The van der Waals surface area contributed by atoms with Crippen LogP contribution >= 0.6 is 0 Å². The molecule has 6 nitrogen and oxygen atoms in total. The molecule has 2 heterocycles. The van der Waals surface area contributed by atoms with Gasteiger partial charge in [-0.05, 0) is 31.0 Å². The topological polar surface area (TPSA) is 68.5 Å². The van der Waals surface area contributed by atoms with Gasteiger partial charge in [-0.2, -0.15) is 4.98 Å². The second kappa shape index (κ2) is 6.81. The van der Waals surface area contributed by atoms with Gasteiger partial charge in [0.25, 0.3) is 0 Å². The summed E-state index contributed by atoms with van der Waals surface area (Å²) in [6, 6.07) is 7.93. The van der Waals surface area contributed by atoms with E-state index < -0.39 is 0 Å². The lowest BCUT2D eigenvalue weighted by Crippen LogP contribution is -2.25. The van der Waals surface area contributed by atoms with Crippen molar-refractivity contribution in [2.24, 2.45) is 0 Å². The first-order valence-corrected chi connectivity index (χ1v) is 7.89. The fraction of sp³-hybridized carbons (Fsp3) is 0.471. The SMILES string of the molecule is CC(=O)N1CCC(c2nc(CCOc3cccc(C)c3)no2)C1. The summed E-state index contributed by atoms with van der Waals surface area (Å²) < 4.78 is 11.0. The number of ether oxygens (including phenoxy) is 1. The van der Waals surface area contributed by atoms with Gasteiger partial charge < -0.3 is 14.2 Å². The lowest BCUT2D eigenvalue weighted by Gasteiger charge is -2.11. The predicted octanol–water partition coefficient (Wildman–Crippen LogP) is 2.34. The molecule has 0 saturated carbocycles. The minimum Gasteiger partial charge on any atom is -0.493 e. The Balaban J connectivity index is 1.51. The lowest BCUT2D eigenvalue weighted by molar-refractivity contribution is -0.127. The Hall–Kier alpha value is -2.37. The highest BCUT2D eigenvalue weighted by atomic mass is 16.5. The second-order valence-electron chi connectivity index (χ2n) is 5.91. The molecule has 1 unspecified atom stereocenters. The molecule has 1 saturated heterocycles. The summed E-state index contributed by atoms with van der Waals surface area (Å²) in [7, 11) is 0. The maximum atomic E-state index is 11.4. The molecule has 2 aromatic rings. The third-order valence-corrected chi connectivity index (χ3v) is 4.05. The number of carbonyl (C=O) groups is 1. The maximum Gasteiger partial charge on any atom is 0.231 e. The van der Waals surface area contributed by atoms with Crippen molar-refractivity contribution >= 4 is 5.91 Å². The summed E-state index contributed by atoms with van der Waals surface area (Å²) in [6.07, 6.45) is 1.47. The smallest absolute Gasteiger partial charge is 0.231 e. The zero-order valence-corrected chi connectivity index (χ0v) is 13.5. The van der Waals surface area contributed by atoms with Crippen LogP contribution in [0, 0.1) is 6.92 Å². The highest BCUT2D eigenvalue weighted by molar-refractivity contribution is 5.73. The van der Waals surface area contributed by atoms with Gasteiger partial charge in [0.15, 0.2) is 5.82 Å². The van der Waals surface area contributed by atoms with Crippen LogP contribution in [-0.2, 0) is 11.2 Å². The molecule has 1 aliphatic rings. The Morgan fingerprint density at radius 2 is 2.35 bits per heavy atom. The molecule has 122 valence electrons. The van der Waals surface area contributed by atoms with E-state index in [1.807, 2.05) is 36.1 Å². The van der Waals surface area contributed by atoms with Gasteiger partial charge >= 0.3 is 0 Å². The molecule has 0 N–H and O–H groups in total. The van der Waals surface area contributed by atoms with E-state index in [4.69, 9.17) is 9.26 Å². The van der Waals surface area contributed by atoms with E-state index in [0.29, 0.717) is 31.3 Å². The fourth-order valence-corrected chi connectivity index (χ4v) is 2.75. The monoisotopic (exact) mass is 315 g/mol. The van der Waals surface area contributed by atoms with Crippen molar-refractivity contribution in [1.29, 1.82) is 0 Å². The molecule has 1 amide bonds. The number of likely N-dealkylation sites (tertiary alicyclic amines) is 1. The van der Waals surface area contributed by atoms with Crippen LogP contribution in [0.3, 0.4) is 0 Å². The summed E-state index contributed by atoms with van der Waals surface area (Å²) >= 11 is 0. The van der Waals surface area contributed by atoms with Crippen molar-refractivity contribution in [3.05, 3.63) is 41.5 Å². The van der Waals surface area contributed by atoms with Crippen molar-refractivity contribution in [2.75, 3.05) is 19.7 Å². The summed E-state index contributed by atoms with van der Waals surface area (Å²) in [5.41, 5.74) is 1.17. The molecule has 0 spiro atoms. The number of aryl methyl sites for hydroxylation is 1. The van der Waals surface area contributed by atoms with E-state index in [0.717, 1.165) is 18.7 Å². The quantitative estimate of drug-likeness (QED) is 0.847. The summed E-state index contributed by atoms with van der Waals surface area (Å²) in [6.45, 7) is 5.55. The van der Waals surface area contributed by atoms with Crippen LogP contribution in [0.15, 0.2) is 28.8 Å². The first-order chi connectivity index (χ1) is 11.1. The zero-order chi connectivity index (χ0) is 16.2. The van der Waals surface area contributed by atoms with Gasteiger partial charge in [-0.25, -0.2) is 0 Å². The number of aromatic nitrogens is 2. The molecular formula is C17H21N3O3. The zero-order valence-electron chi connectivity index (χ0n) is 13.5. The number of nitrogens with zero attached hydrogens (tertiary/aromatic N) is 3. The number of hydrogen-bond donors (Lipinski definition) is 0. The van der Waals surface area contributed by atoms with Crippen molar-refractivity contribution < 1.29 is 14.1 Å². The highest BCUT2D eigenvalue weighted by Gasteiger charge is 2.29. The number of benzene rings is 1. The van der Waals surface area contributed by atoms with Crippen molar-refractivity contribution in [3.8, 4) is 5.75 Å². The van der Waals surface area contributed by atoms with Crippen LogP contribution in [0.5, 0.6) is 5.75 Å². The van der Waals surface area contributed by atoms with Gasteiger partial charge in [0, 0.05) is 26.4 Å². The van der Waals surface area contributed by atoms with Crippen LogP contribution < -0.4 is 4.74 Å². The Bertz CT molecular complexity index is 683. The minimum absolute atomic E-state index is 0.0961. The molecular weight excluding hydrogens is 294 g/mol. The average Bonchev–Trinajstić information content (AvgIpc) is 3.16. The molecule has 1 aliphatic heterocycles. The number of hydrogen-bond acceptors (Lipinski definition) is 5. The van der Waals surface area contributed by atoms with Gasteiger partial charge in [-0.3, -0.25) is 4.79 Å². The van der Waals surface area contributed by atoms with Crippen LogP contribution in [0.4, 0.5) is 0 Å². The van der Waals surface area contributed by atoms with Gasteiger partial charge in [0.1, 0.15) is 5.75 Å². The molecule has 0 bridgehead atoms. The normalized spacial score (nSPS) is 17.5. The Morgan fingerprint density at radius 1 is 1.48 bits per heavy atom. The maximum absolute atomic E-state index is 11.4. The van der Waals surface area contributed by atoms with Crippen LogP contribution in [-0.4, -0.2) is 40.6 Å². The van der Waals surface area contributed by atoms with Gasteiger partial charge in [-0.15, -0.1) is 0 Å². The number of rotatable bonds is 5. The third-order valence-electron chi connectivity index (χ3n) is 4.05. The van der Waals surface area contributed by atoms with E-state index in [-0.39, 0.29) is 11.8 Å². The summed E-state index contributed by atoms with van der Waals surface area (Å²) in [5, 5.41) is 4.01. The molecule has 1 aromatic heterocycles. The molecule has 1 atom stereocenters. The van der Waals surface area contributed by atoms with Crippen molar-refractivity contribution in [2.45, 2.75) is 32.6 Å². The van der Waals surface area contributed by atoms with Crippen molar-refractivity contribution in [1.82, 2.24) is 15.0 Å². The summed E-state index contributed by atoms with van der Waals surface area (Å²) in [4.78, 5) is 17.6. The van der Waals surface area contributed by atoms with E-state index in [9.17, 15) is 4.79 Å². The molecule has 3 rings (SSSR count). The van der Waals surface area contributed by atoms with Gasteiger partial charge in [0.2, 0.25) is 11.8 Å². The van der Waals surface area contributed by atoms with Crippen molar-refractivity contribution in [3.63, 3.8) is 0 Å². The predicted molar refractivity (Wildman–Crippen MR) is 84.3 cm³/mol. The molecule has 1 fully saturated rings. The van der Waals surface area contributed by atoms with Crippen LogP contribution in [0.1, 0.15) is 36.5 Å². The minimum atomic E-state index is 0.0961. The average molecular weight is 315 g/mol. The Morgan fingerprint density at radius 3 is 3.09 bits per heavy atom. The van der Waals surface area contributed by atoms with Crippen LogP contribution in [0.2, 0.25) is 0 Å². The van der Waals surface area contributed by atoms with Crippen LogP contribution in [0.25, 0.3) is 0 Å². The summed E-state index contributed by atoms with van der Waals surface area (Å²) in [5.74, 6) is 2.37. The second-order valence-corrected chi connectivity index (χ2v) is 5.91. The molecule has 0 aliphatic carbocycles. The molecule has 23 heavy (non-hydrogen) atoms. The Kier molecular flexibility index (Phi) is 4.60. The molecule has 1 aromatic carbocycles. The van der Waals surface area contributed by atoms with E-state index >= 15 is 0 Å². The largest absolute Gasteiger partial charge is 0.493 e. The Labute approximate surface area is 135 Å². The standard InChI is InChI=1S/C17H21N3O3/c1-12-4-3-5-15(10-12)22-9-7-16-18-17(23-19-16)14-6-8-20(11-14)13(2)21/h3-5,10,14H,6-9,11H2,1-2H3. The first-order valence-electron chi connectivity index (χ1n) is 7.89.